The maximum atomic E-state index is 5.20. The maximum absolute atomic E-state index is 5.20. The predicted octanol–water partition coefficient (Wildman–Crippen LogP) is 3.08. The van der Waals surface area contributed by atoms with Gasteiger partial charge in [-0.2, -0.15) is 0 Å². The minimum absolute atomic E-state index is 0.420. The van der Waals surface area contributed by atoms with Crippen LogP contribution in [-0.2, 0) is 0 Å². The van der Waals surface area contributed by atoms with Crippen LogP contribution in [0.4, 0.5) is 0 Å². The highest BCUT2D eigenvalue weighted by Gasteiger charge is 2.12. The second-order valence-electron chi connectivity index (χ2n) is 5.39. The summed E-state index contributed by atoms with van der Waals surface area (Å²) in [7, 11) is 5.94. The van der Waals surface area contributed by atoms with Crippen LogP contribution < -0.4 is 10.1 Å². The SMILES string of the molecule is CCC(NC(C)CCN(C)C)c1ccc(OC)cc1. The maximum Gasteiger partial charge on any atom is 0.118 e. The van der Waals surface area contributed by atoms with Gasteiger partial charge in [-0.3, -0.25) is 0 Å². The molecule has 3 nitrogen and oxygen atoms in total. The summed E-state index contributed by atoms with van der Waals surface area (Å²) in [4.78, 5) is 2.23. The van der Waals surface area contributed by atoms with Gasteiger partial charge in [-0.1, -0.05) is 19.1 Å². The van der Waals surface area contributed by atoms with E-state index in [9.17, 15) is 0 Å². The van der Waals surface area contributed by atoms with Crippen molar-refractivity contribution in [1.29, 1.82) is 0 Å². The van der Waals surface area contributed by atoms with Gasteiger partial charge in [0.2, 0.25) is 0 Å². The number of ether oxygens (including phenoxy) is 1. The highest BCUT2D eigenvalue weighted by Crippen LogP contribution is 2.20. The molecular formula is C16H28N2O. The van der Waals surface area contributed by atoms with E-state index >= 15 is 0 Å². The van der Waals surface area contributed by atoms with Crippen LogP contribution in [0.25, 0.3) is 0 Å². The van der Waals surface area contributed by atoms with Crippen LogP contribution in [-0.4, -0.2) is 38.7 Å². The van der Waals surface area contributed by atoms with Gasteiger partial charge in [0.25, 0.3) is 0 Å². The molecule has 1 aromatic carbocycles. The lowest BCUT2D eigenvalue weighted by Crippen LogP contribution is -2.32. The van der Waals surface area contributed by atoms with E-state index in [0.717, 1.165) is 18.7 Å². The van der Waals surface area contributed by atoms with E-state index in [4.69, 9.17) is 4.74 Å². The lowest BCUT2D eigenvalue weighted by atomic mass is 10.0. The monoisotopic (exact) mass is 264 g/mol. The zero-order valence-electron chi connectivity index (χ0n) is 12.9. The molecular weight excluding hydrogens is 236 g/mol. The smallest absolute Gasteiger partial charge is 0.118 e. The van der Waals surface area contributed by atoms with Crippen LogP contribution in [0.3, 0.4) is 0 Å². The number of nitrogens with zero attached hydrogens (tertiary/aromatic N) is 1. The Kier molecular flexibility index (Phi) is 6.89. The standard InChI is InChI=1S/C16H28N2O/c1-6-16(17-13(2)11-12-18(3)4)14-7-9-15(19-5)10-8-14/h7-10,13,16-17H,6,11-12H2,1-5H3. The lowest BCUT2D eigenvalue weighted by Gasteiger charge is -2.24. The first-order valence-electron chi connectivity index (χ1n) is 7.11. The first-order chi connectivity index (χ1) is 9.06. The van der Waals surface area contributed by atoms with Gasteiger partial charge >= 0.3 is 0 Å². The molecule has 2 atom stereocenters. The Morgan fingerprint density at radius 3 is 2.32 bits per heavy atom. The first-order valence-corrected chi connectivity index (χ1v) is 7.11. The van der Waals surface area contributed by atoms with Crippen LogP contribution in [0.2, 0.25) is 0 Å². The topological polar surface area (TPSA) is 24.5 Å². The van der Waals surface area contributed by atoms with Crippen molar-refractivity contribution in [3.05, 3.63) is 29.8 Å². The van der Waals surface area contributed by atoms with Crippen molar-refractivity contribution >= 4 is 0 Å². The highest BCUT2D eigenvalue weighted by atomic mass is 16.5. The normalized spacial score (nSPS) is 14.4. The lowest BCUT2D eigenvalue weighted by molar-refractivity contribution is 0.347. The molecule has 3 heteroatoms. The zero-order chi connectivity index (χ0) is 14.3. The molecule has 0 aromatic heterocycles. The third-order valence-corrected chi connectivity index (χ3v) is 3.42. The Morgan fingerprint density at radius 2 is 1.84 bits per heavy atom. The van der Waals surface area contributed by atoms with Crippen molar-refractivity contribution in [2.75, 3.05) is 27.7 Å². The van der Waals surface area contributed by atoms with E-state index in [0.29, 0.717) is 12.1 Å². The molecule has 0 spiro atoms. The minimum atomic E-state index is 0.420. The van der Waals surface area contributed by atoms with E-state index in [1.807, 2.05) is 12.1 Å². The van der Waals surface area contributed by atoms with E-state index < -0.39 is 0 Å². The summed E-state index contributed by atoms with van der Waals surface area (Å²) < 4.78 is 5.20. The van der Waals surface area contributed by atoms with E-state index in [2.05, 4.69) is 50.3 Å². The van der Waals surface area contributed by atoms with Gasteiger partial charge in [0.1, 0.15) is 5.75 Å². The van der Waals surface area contributed by atoms with Crippen LogP contribution in [0, 0.1) is 0 Å². The fourth-order valence-electron chi connectivity index (χ4n) is 2.16. The number of methoxy groups -OCH3 is 1. The van der Waals surface area contributed by atoms with Gasteiger partial charge in [-0.15, -0.1) is 0 Å². The molecule has 19 heavy (non-hydrogen) atoms. The molecule has 0 fully saturated rings. The second-order valence-corrected chi connectivity index (χ2v) is 5.39. The average molecular weight is 264 g/mol. The summed E-state index contributed by atoms with van der Waals surface area (Å²) in [6.45, 7) is 5.60. The molecule has 0 amide bonds. The number of nitrogens with one attached hydrogen (secondary N) is 1. The van der Waals surface area contributed by atoms with Crippen molar-refractivity contribution in [3.63, 3.8) is 0 Å². The molecule has 1 N–H and O–H groups in total. The first kappa shape index (κ1) is 16.0. The van der Waals surface area contributed by atoms with Gasteiger partial charge in [0.05, 0.1) is 7.11 Å². The molecule has 0 aliphatic carbocycles. The Labute approximate surface area is 118 Å². The third-order valence-electron chi connectivity index (χ3n) is 3.42. The van der Waals surface area contributed by atoms with Gasteiger partial charge in [-0.25, -0.2) is 0 Å². The van der Waals surface area contributed by atoms with E-state index in [1.54, 1.807) is 7.11 Å². The summed E-state index contributed by atoms with van der Waals surface area (Å²) in [6, 6.07) is 9.31. The number of hydrogen-bond donors (Lipinski definition) is 1. The highest BCUT2D eigenvalue weighted by molar-refractivity contribution is 5.29. The number of hydrogen-bond acceptors (Lipinski definition) is 3. The van der Waals surface area contributed by atoms with Gasteiger partial charge < -0.3 is 15.0 Å². The molecule has 1 rings (SSSR count). The molecule has 1 aromatic rings. The summed E-state index contributed by atoms with van der Waals surface area (Å²) in [5.74, 6) is 0.916. The van der Waals surface area contributed by atoms with Crippen molar-refractivity contribution in [1.82, 2.24) is 10.2 Å². The molecule has 0 saturated heterocycles. The van der Waals surface area contributed by atoms with Crippen LogP contribution in [0.5, 0.6) is 5.75 Å². The molecule has 2 unspecified atom stereocenters. The zero-order valence-corrected chi connectivity index (χ0v) is 12.9. The van der Waals surface area contributed by atoms with Crippen molar-refractivity contribution in [2.45, 2.75) is 38.8 Å². The number of rotatable bonds is 8. The molecule has 0 saturated carbocycles. The van der Waals surface area contributed by atoms with E-state index in [-0.39, 0.29) is 0 Å². The molecule has 0 heterocycles. The van der Waals surface area contributed by atoms with Crippen LogP contribution >= 0.6 is 0 Å². The summed E-state index contributed by atoms with van der Waals surface area (Å²) in [5, 5.41) is 3.71. The fraction of sp³-hybridized carbons (Fsp3) is 0.625. The Hall–Kier alpha value is -1.06. The quantitative estimate of drug-likeness (QED) is 0.781. The third kappa shape index (κ3) is 5.62. The summed E-state index contributed by atoms with van der Waals surface area (Å²) in [6.07, 6.45) is 2.26. The summed E-state index contributed by atoms with van der Waals surface area (Å²) in [5.41, 5.74) is 1.33. The minimum Gasteiger partial charge on any atom is -0.497 e. The molecule has 108 valence electrons. The van der Waals surface area contributed by atoms with Gasteiger partial charge in [0, 0.05) is 12.1 Å². The Morgan fingerprint density at radius 1 is 1.21 bits per heavy atom. The molecule has 0 aliphatic heterocycles. The van der Waals surface area contributed by atoms with E-state index in [1.165, 1.54) is 12.0 Å². The molecule has 0 bridgehead atoms. The Bertz CT molecular complexity index is 348. The van der Waals surface area contributed by atoms with Crippen LogP contribution in [0.1, 0.15) is 38.3 Å². The van der Waals surface area contributed by atoms with Crippen molar-refractivity contribution in [2.24, 2.45) is 0 Å². The molecule has 0 aliphatic rings. The van der Waals surface area contributed by atoms with Gasteiger partial charge in [-0.05, 0) is 58.1 Å². The second kappa shape index (κ2) is 8.18. The van der Waals surface area contributed by atoms with Crippen LogP contribution in [0.15, 0.2) is 24.3 Å². The number of benzene rings is 1. The van der Waals surface area contributed by atoms with Gasteiger partial charge in [0.15, 0.2) is 0 Å². The predicted molar refractivity (Wildman–Crippen MR) is 81.8 cm³/mol. The molecule has 0 radical (unpaired) electrons. The largest absolute Gasteiger partial charge is 0.497 e. The average Bonchev–Trinajstić information content (AvgIpc) is 2.42. The fourth-order valence-corrected chi connectivity index (χ4v) is 2.16. The van der Waals surface area contributed by atoms with Crippen molar-refractivity contribution in [3.8, 4) is 5.75 Å². The van der Waals surface area contributed by atoms with Crippen molar-refractivity contribution < 1.29 is 4.74 Å². The summed E-state index contributed by atoms with van der Waals surface area (Å²) >= 11 is 0. The Balaban J connectivity index is 2.56.